The first-order valence-electron chi connectivity index (χ1n) is 9.60. The minimum atomic E-state index is -4.02. The van der Waals surface area contributed by atoms with E-state index < -0.39 is 22.5 Å². The summed E-state index contributed by atoms with van der Waals surface area (Å²) in [6, 6.07) is 19.3. The minimum Gasteiger partial charge on any atom is -0.324 e. The fourth-order valence-electron chi connectivity index (χ4n) is 3.37. The number of sulfonamides is 1. The van der Waals surface area contributed by atoms with E-state index in [4.69, 9.17) is 11.6 Å². The molecule has 0 fully saturated rings. The number of amides is 1. The van der Waals surface area contributed by atoms with Crippen LogP contribution in [-0.2, 0) is 14.8 Å². The molecule has 8 heteroatoms. The van der Waals surface area contributed by atoms with Crippen molar-refractivity contribution in [2.45, 2.75) is 18.7 Å². The molecule has 158 valence electrons. The van der Waals surface area contributed by atoms with E-state index >= 15 is 0 Å². The lowest BCUT2D eigenvalue weighted by Gasteiger charge is -2.27. The molecule has 0 radical (unpaired) electrons. The Morgan fingerprint density at radius 2 is 1.77 bits per heavy atom. The Balaban J connectivity index is 1.72. The lowest BCUT2D eigenvalue weighted by atomic mass is 10.0. The first kappa shape index (κ1) is 21.1. The Bertz CT molecular complexity index is 1300. The molecule has 1 amide bonds. The summed E-state index contributed by atoms with van der Waals surface area (Å²) in [6.07, 6.45) is 0. The van der Waals surface area contributed by atoms with Gasteiger partial charge in [-0.3, -0.25) is 4.79 Å². The second-order valence-electron chi connectivity index (χ2n) is 7.24. The minimum absolute atomic E-state index is 0.0605. The Kier molecular flexibility index (Phi) is 5.56. The van der Waals surface area contributed by atoms with Gasteiger partial charge >= 0.3 is 0 Å². The van der Waals surface area contributed by atoms with Crippen LogP contribution in [0.5, 0.6) is 0 Å². The molecule has 0 unspecified atom stereocenters. The monoisotopic (exact) mass is 453 g/mol. The Morgan fingerprint density at radius 3 is 2.52 bits per heavy atom. The van der Waals surface area contributed by atoms with Crippen LogP contribution in [0.3, 0.4) is 0 Å². The van der Waals surface area contributed by atoms with Crippen molar-refractivity contribution in [2.75, 3.05) is 11.9 Å². The zero-order chi connectivity index (χ0) is 22.2. The van der Waals surface area contributed by atoms with Crippen molar-refractivity contribution in [3.05, 3.63) is 94.0 Å². The van der Waals surface area contributed by atoms with E-state index in [9.17, 15) is 13.2 Å². The molecule has 31 heavy (non-hydrogen) atoms. The lowest BCUT2D eigenvalue weighted by Crippen LogP contribution is -2.38. The number of hydrazone groups is 1. The molecule has 0 aliphatic carbocycles. The number of benzene rings is 3. The molecule has 1 heterocycles. The van der Waals surface area contributed by atoms with Crippen LogP contribution < -0.4 is 5.32 Å². The third kappa shape index (κ3) is 4.06. The highest BCUT2D eigenvalue weighted by Crippen LogP contribution is 2.31. The van der Waals surface area contributed by atoms with Crippen LogP contribution in [-0.4, -0.2) is 31.0 Å². The molecule has 3 aromatic carbocycles. The highest BCUT2D eigenvalue weighted by atomic mass is 35.5. The number of nitrogens with one attached hydrogen (secondary N) is 1. The molecule has 0 atom stereocenters. The van der Waals surface area contributed by atoms with E-state index in [1.54, 1.807) is 12.1 Å². The summed E-state index contributed by atoms with van der Waals surface area (Å²) < 4.78 is 27.2. The number of hydrogen-bond donors (Lipinski definition) is 1. The summed E-state index contributed by atoms with van der Waals surface area (Å²) in [5.74, 6) is -0.481. The van der Waals surface area contributed by atoms with E-state index in [1.165, 1.54) is 12.1 Å². The number of aryl methyl sites for hydroxylation is 1. The van der Waals surface area contributed by atoms with Gasteiger partial charge in [-0.25, -0.2) is 0 Å². The number of nitrogens with zero attached hydrogens (tertiary/aromatic N) is 2. The summed E-state index contributed by atoms with van der Waals surface area (Å²) in [6.45, 7) is 3.39. The summed E-state index contributed by atoms with van der Waals surface area (Å²) in [5, 5.41) is 7.54. The summed E-state index contributed by atoms with van der Waals surface area (Å²) in [5.41, 5.74) is 4.15. The topological polar surface area (TPSA) is 78.8 Å². The largest absolute Gasteiger partial charge is 0.324 e. The zero-order valence-corrected chi connectivity index (χ0v) is 18.5. The van der Waals surface area contributed by atoms with E-state index in [2.05, 4.69) is 10.4 Å². The van der Waals surface area contributed by atoms with Crippen molar-refractivity contribution in [2.24, 2.45) is 5.10 Å². The number of hydrogen-bond acceptors (Lipinski definition) is 4. The van der Waals surface area contributed by atoms with Gasteiger partial charge in [0.2, 0.25) is 5.91 Å². The fraction of sp³-hybridized carbons (Fsp3) is 0.130. The zero-order valence-electron chi connectivity index (χ0n) is 17.0. The van der Waals surface area contributed by atoms with Gasteiger partial charge in [0.05, 0.1) is 4.90 Å². The second kappa shape index (κ2) is 8.17. The van der Waals surface area contributed by atoms with Gasteiger partial charge in [0, 0.05) is 21.8 Å². The Labute approximate surface area is 186 Å². The molecule has 1 N–H and O–H groups in total. The fourth-order valence-corrected chi connectivity index (χ4v) is 4.92. The van der Waals surface area contributed by atoms with Gasteiger partial charge in [0.15, 0.2) is 0 Å². The number of rotatable bonds is 4. The Morgan fingerprint density at radius 1 is 1.03 bits per heavy atom. The maximum absolute atomic E-state index is 13.2. The third-order valence-corrected chi connectivity index (χ3v) is 7.08. The first-order valence-corrected chi connectivity index (χ1v) is 11.4. The number of carbonyl (C=O) groups is 1. The van der Waals surface area contributed by atoms with E-state index in [-0.39, 0.29) is 4.90 Å². The molecule has 0 saturated heterocycles. The summed E-state index contributed by atoms with van der Waals surface area (Å²) in [7, 11) is -4.02. The van der Waals surface area contributed by atoms with Crippen LogP contribution in [0.1, 0.15) is 22.3 Å². The second-order valence-corrected chi connectivity index (χ2v) is 9.48. The lowest BCUT2D eigenvalue weighted by molar-refractivity contribution is -0.116. The molecule has 3 aromatic rings. The van der Waals surface area contributed by atoms with Gasteiger partial charge in [-0.05, 0) is 49.2 Å². The van der Waals surface area contributed by atoms with Crippen molar-refractivity contribution in [1.29, 1.82) is 0 Å². The van der Waals surface area contributed by atoms with E-state index in [0.717, 1.165) is 21.1 Å². The average Bonchev–Trinajstić information content (AvgIpc) is 2.74. The SMILES string of the molecule is Cc1cccc(NC(=O)CN2N=C(c3ccccc3)c3cc(Cl)ccc3S2(=O)=O)c1C. The van der Waals surface area contributed by atoms with Crippen LogP contribution >= 0.6 is 11.6 Å². The Hall–Kier alpha value is -3.16. The number of halogens is 1. The number of carbonyl (C=O) groups excluding carboxylic acids is 1. The van der Waals surface area contributed by atoms with Crippen LogP contribution in [0.4, 0.5) is 5.69 Å². The predicted octanol–water partition coefficient (Wildman–Crippen LogP) is 4.35. The molecule has 1 aliphatic heterocycles. The van der Waals surface area contributed by atoms with Crippen molar-refractivity contribution >= 4 is 38.9 Å². The third-order valence-electron chi connectivity index (χ3n) is 5.17. The molecule has 0 aromatic heterocycles. The molecule has 4 rings (SSSR count). The van der Waals surface area contributed by atoms with Gasteiger partial charge in [0.1, 0.15) is 12.3 Å². The molecule has 1 aliphatic rings. The maximum atomic E-state index is 13.2. The molecule has 0 saturated carbocycles. The van der Waals surface area contributed by atoms with Crippen molar-refractivity contribution in [1.82, 2.24) is 4.41 Å². The van der Waals surface area contributed by atoms with E-state index in [0.29, 0.717) is 22.0 Å². The molecule has 6 nitrogen and oxygen atoms in total. The average molecular weight is 454 g/mol. The maximum Gasteiger partial charge on any atom is 0.280 e. The standard InChI is InChI=1S/C23H20ClN3O3S/c1-15-7-6-10-20(16(15)2)25-22(28)14-27-26-23(17-8-4-3-5-9-17)19-13-18(24)11-12-21(19)31(27,29)30/h3-13H,14H2,1-2H3,(H,25,28). The molecule has 0 spiro atoms. The van der Waals surface area contributed by atoms with Crippen molar-refractivity contribution < 1.29 is 13.2 Å². The normalized spacial score (nSPS) is 14.5. The van der Waals surface area contributed by atoms with E-state index in [1.807, 2.05) is 56.3 Å². The summed E-state index contributed by atoms with van der Waals surface area (Å²) >= 11 is 6.13. The quantitative estimate of drug-likeness (QED) is 0.637. The van der Waals surface area contributed by atoms with Crippen molar-refractivity contribution in [3.63, 3.8) is 0 Å². The highest BCUT2D eigenvalue weighted by molar-refractivity contribution is 7.89. The first-order chi connectivity index (χ1) is 14.8. The van der Waals surface area contributed by atoms with Crippen molar-refractivity contribution in [3.8, 4) is 0 Å². The summed E-state index contributed by atoms with van der Waals surface area (Å²) in [4.78, 5) is 12.8. The van der Waals surface area contributed by atoms with Crippen LogP contribution in [0.2, 0.25) is 5.02 Å². The number of fused-ring (bicyclic) bond motifs is 1. The molecule has 0 bridgehead atoms. The van der Waals surface area contributed by atoms with Gasteiger partial charge in [-0.2, -0.15) is 17.9 Å². The van der Waals surface area contributed by atoms with Crippen LogP contribution in [0.15, 0.2) is 76.7 Å². The van der Waals surface area contributed by atoms with Gasteiger partial charge < -0.3 is 5.32 Å². The smallest absolute Gasteiger partial charge is 0.280 e. The van der Waals surface area contributed by atoms with Crippen LogP contribution in [0.25, 0.3) is 0 Å². The molecular weight excluding hydrogens is 434 g/mol. The highest BCUT2D eigenvalue weighted by Gasteiger charge is 2.34. The van der Waals surface area contributed by atoms with Gasteiger partial charge in [0.25, 0.3) is 10.0 Å². The molecular formula is C23H20ClN3O3S. The van der Waals surface area contributed by atoms with Gasteiger partial charge in [-0.15, -0.1) is 0 Å². The van der Waals surface area contributed by atoms with Gasteiger partial charge in [-0.1, -0.05) is 54.1 Å². The predicted molar refractivity (Wildman–Crippen MR) is 122 cm³/mol. The number of anilines is 1. The van der Waals surface area contributed by atoms with Crippen LogP contribution in [0, 0.1) is 13.8 Å².